The molecule has 1 heterocycles. The number of carbonyl (C=O) groups excluding carboxylic acids is 2. The van der Waals surface area contributed by atoms with Crippen LogP contribution in [-0.2, 0) is 33.9 Å². The molecule has 4 rings (SSSR count). The van der Waals surface area contributed by atoms with Gasteiger partial charge in [0.1, 0.15) is 12.6 Å². The van der Waals surface area contributed by atoms with Crippen molar-refractivity contribution in [1.82, 2.24) is 20.8 Å². The zero-order chi connectivity index (χ0) is 24.3. The molecule has 35 heavy (non-hydrogen) atoms. The summed E-state index contributed by atoms with van der Waals surface area (Å²) in [5, 5.41) is 13.8. The van der Waals surface area contributed by atoms with Crippen molar-refractivity contribution in [2.75, 3.05) is 13.2 Å². The van der Waals surface area contributed by atoms with Crippen molar-refractivity contribution >= 4 is 22.9 Å². The van der Waals surface area contributed by atoms with Crippen LogP contribution in [0.1, 0.15) is 16.8 Å². The van der Waals surface area contributed by atoms with Crippen LogP contribution in [0.15, 0.2) is 84.9 Å². The smallest absolute Gasteiger partial charge is 0.408 e. The lowest BCUT2D eigenvalue weighted by Crippen LogP contribution is -2.49. The Balaban J connectivity index is 1.31. The molecule has 0 bridgehead atoms. The van der Waals surface area contributed by atoms with Gasteiger partial charge in [-0.25, -0.2) is 4.79 Å². The number of amides is 2. The highest BCUT2D eigenvalue weighted by molar-refractivity contribution is 5.86. The van der Waals surface area contributed by atoms with E-state index < -0.39 is 12.1 Å². The molecule has 0 aliphatic carbocycles. The highest BCUT2D eigenvalue weighted by Gasteiger charge is 2.22. The normalized spacial score (nSPS) is 11.7. The second-order valence-electron chi connectivity index (χ2n) is 8.02. The van der Waals surface area contributed by atoms with Crippen molar-refractivity contribution in [2.45, 2.75) is 25.7 Å². The molecule has 1 atom stereocenters. The SMILES string of the molecule is O=C(N[C@@H](COCc1ccccc1)C(=O)NCCc1n[nH]c2ccccc12)OCc1ccccc1. The van der Waals surface area contributed by atoms with Gasteiger partial charge in [-0.15, -0.1) is 0 Å². The molecule has 8 nitrogen and oxygen atoms in total. The minimum Gasteiger partial charge on any atom is -0.445 e. The summed E-state index contributed by atoms with van der Waals surface area (Å²) < 4.78 is 11.0. The number of hydrogen-bond donors (Lipinski definition) is 3. The van der Waals surface area contributed by atoms with E-state index in [9.17, 15) is 9.59 Å². The Morgan fingerprint density at radius 2 is 1.51 bits per heavy atom. The van der Waals surface area contributed by atoms with Crippen LogP contribution in [0.4, 0.5) is 4.79 Å². The summed E-state index contributed by atoms with van der Waals surface area (Å²) in [6, 6.07) is 25.9. The standard InChI is InChI=1S/C27H28N4O4/c32-26(28-16-15-24-22-13-7-8-14-23(22)30-31-24)25(19-34-17-20-9-3-1-4-10-20)29-27(33)35-18-21-11-5-2-6-12-21/h1-14,25H,15-19H2,(H,28,32)(H,29,33)(H,30,31)/t25-/m0/s1. The number of para-hydroxylation sites is 1. The summed E-state index contributed by atoms with van der Waals surface area (Å²) in [4.78, 5) is 25.3. The lowest BCUT2D eigenvalue weighted by atomic mass is 10.1. The predicted molar refractivity (Wildman–Crippen MR) is 132 cm³/mol. The molecule has 2 amide bonds. The van der Waals surface area contributed by atoms with Gasteiger partial charge in [0.15, 0.2) is 0 Å². The highest BCUT2D eigenvalue weighted by Crippen LogP contribution is 2.15. The summed E-state index contributed by atoms with van der Waals surface area (Å²) in [5.74, 6) is -0.352. The summed E-state index contributed by atoms with van der Waals surface area (Å²) >= 11 is 0. The van der Waals surface area contributed by atoms with Gasteiger partial charge in [0.25, 0.3) is 0 Å². The van der Waals surface area contributed by atoms with E-state index >= 15 is 0 Å². The minimum atomic E-state index is -0.905. The van der Waals surface area contributed by atoms with Crippen LogP contribution in [0.2, 0.25) is 0 Å². The fraction of sp³-hybridized carbons (Fsp3) is 0.222. The van der Waals surface area contributed by atoms with E-state index in [1.54, 1.807) is 0 Å². The lowest BCUT2D eigenvalue weighted by molar-refractivity contribution is -0.124. The number of hydrogen-bond acceptors (Lipinski definition) is 5. The van der Waals surface area contributed by atoms with E-state index in [-0.39, 0.29) is 19.1 Å². The summed E-state index contributed by atoms with van der Waals surface area (Å²) in [6.07, 6.45) is -0.137. The Morgan fingerprint density at radius 1 is 0.857 bits per heavy atom. The van der Waals surface area contributed by atoms with Gasteiger partial charge in [-0.2, -0.15) is 5.10 Å². The second kappa shape index (κ2) is 12.3. The number of aromatic amines is 1. The maximum atomic E-state index is 12.9. The third kappa shape index (κ3) is 7.15. The van der Waals surface area contributed by atoms with E-state index in [1.165, 1.54) is 0 Å². The Morgan fingerprint density at radius 3 is 2.26 bits per heavy atom. The van der Waals surface area contributed by atoms with Gasteiger partial charge in [-0.05, 0) is 17.2 Å². The van der Waals surface area contributed by atoms with Gasteiger partial charge in [-0.1, -0.05) is 78.9 Å². The molecule has 0 spiro atoms. The lowest BCUT2D eigenvalue weighted by Gasteiger charge is -2.18. The first-order valence-corrected chi connectivity index (χ1v) is 11.5. The largest absolute Gasteiger partial charge is 0.445 e. The molecule has 8 heteroatoms. The Labute approximate surface area is 203 Å². The molecule has 180 valence electrons. The van der Waals surface area contributed by atoms with Crippen molar-refractivity contribution in [3.63, 3.8) is 0 Å². The molecular weight excluding hydrogens is 444 g/mol. The van der Waals surface area contributed by atoms with E-state index in [0.29, 0.717) is 19.6 Å². The van der Waals surface area contributed by atoms with Crippen LogP contribution in [-0.4, -0.2) is 41.4 Å². The predicted octanol–water partition coefficient (Wildman–Crippen LogP) is 3.73. The fourth-order valence-electron chi connectivity index (χ4n) is 3.60. The second-order valence-corrected chi connectivity index (χ2v) is 8.02. The van der Waals surface area contributed by atoms with Crippen LogP contribution < -0.4 is 10.6 Å². The van der Waals surface area contributed by atoms with Gasteiger partial charge >= 0.3 is 6.09 Å². The van der Waals surface area contributed by atoms with Crippen LogP contribution in [0.5, 0.6) is 0 Å². The number of nitrogens with one attached hydrogen (secondary N) is 3. The van der Waals surface area contributed by atoms with Gasteiger partial charge in [0, 0.05) is 18.4 Å². The molecule has 4 aromatic rings. The average molecular weight is 473 g/mol. The van der Waals surface area contributed by atoms with Crippen molar-refractivity contribution in [2.24, 2.45) is 0 Å². The van der Waals surface area contributed by atoms with Gasteiger partial charge in [-0.3, -0.25) is 9.89 Å². The van der Waals surface area contributed by atoms with Crippen LogP contribution in [0.3, 0.4) is 0 Å². The molecular formula is C27H28N4O4. The zero-order valence-electron chi connectivity index (χ0n) is 19.3. The number of alkyl carbamates (subject to hydrolysis) is 1. The number of benzene rings is 3. The number of rotatable bonds is 11. The molecule has 1 aromatic heterocycles. The van der Waals surface area contributed by atoms with Gasteiger partial charge in [0.05, 0.1) is 24.4 Å². The van der Waals surface area contributed by atoms with Crippen LogP contribution in [0.25, 0.3) is 10.9 Å². The number of H-pyrrole nitrogens is 1. The van der Waals surface area contributed by atoms with Crippen LogP contribution in [0, 0.1) is 0 Å². The number of aromatic nitrogens is 2. The number of fused-ring (bicyclic) bond motifs is 1. The third-order valence-corrected chi connectivity index (χ3v) is 5.43. The molecule has 0 saturated carbocycles. The number of carbonyl (C=O) groups is 2. The molecule has 0 saturated heterocycles. The first-order valence-electron chi connectivity index (χ1n) is 11.5. The van der Waals surface area contributed by atoms with E-state index in [1.807, 2.05) is 84.9 Å². The summed E-state index contributed by atoms with van der Waals surface area (Å²) in [6.45, 7) is 0.804. The zero-order valence-corrected chi connectivity index (χ0v) is 19.3. The molecule has 0 aliphatic rings. The van der Waals surface area contributed by atoms with Crippen molar-refractivity contribution in [1.29, 1.82) is 0 Å². The molecule has 0 aliphatic heterocycles. The maximum Gasteiger partial charge on any atom is 0.408 e. The molecule has 3 aromatic carbocycles. The van der Waals surface area contributed by atoms with E-state index in [0.717, 1.165) is 27.7 Å². The first kappa shape index (κ1) is 24.0. The minimum absolute atomic E-state index is 0.00645. The highest BCUT2D eigenvalue weighted by atomic mass is 16.5. The monoisotopic (exact) mass is 472 g/mol. The fourth-order valence-corrected chi connectivity index (χ4v) is 3.60. The molecule has 0 radical (unpaired) electrons. The Hall–Kier alpha value is -4.17. The molecule has 0 unspecified atom stereocenters. The van der Waals surface area contributed by atoms with Crippen LogP contribution >= 0.6 is 0 Å². The topological polar surface area (TPSA) is 105 Å². The van der Waals surface area contributed by atoms with Gasteiger partial charge in [0.2, 0.25) is 5.91 Å². The molecule has 3 N–H and O–H groups in total. The first-order chi connectivity index (χ1) is 17.2. The van der Waals surface area contributed by atoms with Gasteiger partial charge < -0.3 is 20.1 Å². The number of nitrogens with zero attached hydrogens (tertiary/aromatic N) is 1. The van der Waals surface area contributed by atoms with E-state index in [2.05, 4.69) is 20.8 Å². The average Bonchev–Trinajstić information content (AvgIpc) is 3.31. The van der Waals surface area contributed by atoms with Crippen molar-refractivity contribution in [3.8, 4) is 0 Å². The van der Waals surface area contributed by atoms with Crippen molar-refractivity contribution < 1.29 is 19.1 Å². The van der Waals surface area contributed by atoms with E-state index in [4.69, 9.17) is 9.47 Å². The number of ether oxygens (including phenoxy) is 2. The molecule has 0 fully saturated rings. The third-order valence-electron chi connectivity index (χ3n) is 5.43. The summed E-state index contributed by atoms with van der Waals surface area (Å²) in [5.41, 5.74) is 3.65. The van der Waals surface area contributed by atoms with Crippen molar-refractivity contribution in [3.05, 3.63) is 102 Å². The summed E-state index contributed by atoms with van der Waals surface area (Å²) in [7, 11) is 0. The quantitative estimate of drug-likeness (QED) is 0.308. The Bertz CT molecular complexity index is 1230. The Kier molecular flexibility index (Phi) is 8.45. The maximum absolute atomic E-state index is 12.9.